The number of imidazole rings is 2. The zero-order valence-electron chi connectivity index (χ0n) is 16.9. The van der Waals surface area contributed by atoms with Crippen molar-refractivity contribution in [1.82, 2.24) is 29.1 Å². The van der Waals surface area contributed by atoms with Crippen LogP contribution in [0.2, 0.25) is 0 Å². The number of nitrogens with two attached hydrogens (primary N) is 1. The van der Waals surface area contributed by atoms with Gasteiger partial charge in [0, 0.05) is 13.2 Å². The van der Waals surface area contributed by atoms with E-state index in [1.54, 1.807) is 53.0 Å². The molecule has 162 valence electrons. The van der Waals surface area contributed by atoms with E-state index in [1.807, 2.05) is 12.1 Å². The molecule has 0 atom stereocenters. The van der Waals surface area contributed by atoms with Crippen LogP contribution in [0, 0.1) is 0 Å². The summed E-state index contributed by atoms with van der Waals surface area (Å²) in [4.78, 5) is 17.0. The zero-order chi connectivity index (χ0) is 22.3. The second-order valence-corrected chi connectivity index (χ2v) is 8.72. The van der Waals surface area contributed by atoms with Gasteiger partial charge in [0.2, 0.25) is 5.95 Å². The summed E-state index contributed by atoms with van der Waals surface area (Å²) in [5.41, 5.74) is 8.58. The minimum Gasteiger partial charge on any atom is -0.463 e. The average Bonchev–Trinajstić information content (AvgIpc) is 3.51. The molecular weight excluding hydrogens is 432 g/mol. The van der Waals surface area contributed by atoms with E-state index < -0.39 is 10.0 Å². The molecule has 5 rings (SSSR count). The van der Waals surface area contributed by atoms with Crippen LogP contribution in [-0.4, -0.2) is 37.5 Å². The quantitative estimate of drug-likeness (QED) is 0.400. The lowest BCUT2D eigenvalue weighted by Gasteiger charge is -2.12. The largest absolute Gasteiger partial charge is 0.463 e. The van der Waals surface area contributed by atoms with Crippen molar-refractivity contribution in [2.24, 2.45) is 7.05 Å². The van der Waals surface area contributed by atoms with Gasteiger partial charge in [-0.1, -0.05) is 18.2 Å². The second-order valence-electron chi connectivity index (χ2n) is 7.09. The summed E-state index contributed by atoms with van der Waals surface area (Å²) in [5.74, 6) is 0.604. The monoisotopic (exact) mass is 450 g/mol. The van der Waals surface area contributed by atoms with Gasteiger partial charge in [0.25, 0.3) is 10.0 Å². The van der Waals surface area contributed by atoms with Crippen molar-refractivity contribution < 1.29 is 12.8 Å². The van der Waals surface area contributed by atoms with Gasteiger partial charge in [-0.25, -0.2) is 15.0 Å². The van der Waals surface area contributed by atoms with Crippen LogP contribution < -0.4 is 10.5 Å². The predicted octanol–water partition coefficient (Wildman–Crippen LogP) is 2.25. The van der Waals surface area contributed by atoms with Gasteiger partial charge in [-0.15, -0.1) is 0 Å². The molecule has 0 radical (unpaired) electrons. The third kappa shape index (κ3) is 3.56. The van der Waals surface area contributed by atoms with E-state index in [-0.39, 0.29) is 11.0 Å². The van der Waals surface area contributed by atoms with Crippen molar-refractivity contribution in [3.63, 3.8) is 0 Å². The molecule has 0 bridgehead atoms. The summed E-state index contributed by atoms with van der Waals surface area (Å²) < 4.78 is 36.9. The molecule has 3 N–H and O–H groups in total. The van der Waals surface area contributed by atoms with E-state index in [2.05, 4.69) is 24.7 Å². The number of nitrogens with one attached hydrogen (secondary N) is 1. The maximum Gasteiger partial charge on any atom is 0.280 e. The molecule has 0 saturated heterocycles. The molecule has 0 spiro atoms. The molecule has 11 nitrogen and oxygen atoms in total. The van der Waals surface area contributed by atoms with E-state index in [1.165, 1.54) is 12.5 Å². The maximum atomic E-state index is 12.7. The fourth-order valence-electron chi connectivity index (χ4n) is 3.33. The number of aryl methyl sites for hydroxylation is 1. The highest BCUT2D eigenvalue weighted by molar-refractivity contribution is 7.92. The average molecular weight is 450 g/mol. The Kier molecular flexibility index (Phi) is 4.63. The van der Waals surface area contributed by atoms with Crippen LogP contribution in [0.5, 0.6) is 0 Å². The Hall–Kier alpha value is -4.19. The molecule has 0 aliphatic rings. The van der Waals surface area contributed by atoms with E-state index >= 15 is 0 Å². The first kappa shape index (κ1) is 19.8. The Labute approximate surface area is 182 Å². The Morgan fingerprint density at radius 3 is 2.69 bits per heavy atom. The Morgan fingerprint density at radius 2 is 1.94 bits per heavy atom. The molecule has 1 aromatic carbocycles. The van der Waals surface area contributed by atoms with Crippen LogP contribution in [0.1, 0.15) is 5.56 Å². The summed E-state index contributed by atoms with van der Waals surface area (Å²) in [5, 5.41) is -0.0634. The Morgan fingerprint density at radius 1 is 1.09 bits per heavy atom. The maximum absolute atomic E-state index is 12.7. The second kappa shape index (κ2) is 7.50. The molecule has 0 aliphatic carbocycles. The topological polar surface area (TPSA) is 147 Å². The number of nitrogen functional groups attached to an aromatic ring is 1. The molecule has 0 fully saturated rings. The van der Waals surface area contributed by atoms with Crippen molar-refractivity contribution >= 4 is 32.8 Å². The minimum atomic E-state index is -3.84. The molecule has 0 aliphatic heterocycles. The Balaban J connectivity index is 1.52. The summed E-state index contributed by atoms with van der Waals surface area (Å²) in [6.07, 6.45) is 6.01. The molecule has 0 unspecified atom stereocenters. The van der Waals surface area contributed by atoms with Gasteiger partial charge >= 0.3 is 0 Å². The molecule has 4 aromatic heterocycles. The number of furan rings is 1. The van der Waals surface area contributed by atoms with Crippen molar-refractivity contribution in [3.05, 3.63) is 67.1 Å². The van der Waals surface area contributed by atoms with Gasteiger partial charge in [0.15, 0.2) is 16.4 Å². The number of hydrogen-bond donors (Lipinski definition) is 2. The normalized spacial score (nSPS) is 11.8. The van der Waals surface area contributed by atoms with Gasteiger partial charge in [0.05, 0.1) is 31.1 Å². The Bertz CT molecular complexity index is 1520. The van der Waals surface area contributed by atoms with Crippen molar-refractivity contribution in [3.8, 4) is 11.5 Å². The first-order valence-corrected chi connectivity index (χ1v) is 11.0. The lowest BCUT2D eigenvalue weighted by Crippen LogP contribution is -2.15. The van der Waals surface area contributed by atoms with Crippen molar-refractivity contribution in [1.29, 1.82) is 0 Å². The summed E-state index contributed by atoms with van der Waals surface area (Å²) in [7, 11) is -2.14. The summed E-state index contributed by atoms with van der Waals surface area (Å²) >= 11 is 0. The number of nitrogens with zero attached hydrogens (tertiary/aromatic N) is 6. The molecule has 0 saturated carbocycles. The summed E-state index contributed by atoms with van der Waals surface area (Å²) in [6, 6.07) is 10.6. The van der Waals surface area contributed by atoms with Crippen LogP contribution in [0.4, 0.5) is 11.6 Å². The first-order valence-electron chi connectivity index (χ1n) is 9.51. The number of benzene rings is 1. The number of sulfonamides is 1. The minimum absolute atomic E-state index is 0.0634. The van der Waals surface area contributed by atoms with Crippen LogP contribution in [0.15, 0.2) is 71.0 Å². The lowest BCUT2D eigenvalue weighted by atomic mass is 10.2. The van der Waals surface area contributed by atoms with E-state index in [0.29, 0.717) is 40.4 Å². The number of aromatic nitrogens is 6. The molecular formula is C20H18N8O3S. The van der Waals surface area contributed by atoms with Crippen LogP contribution in [0.25, 0.3) is 22.6 Å². The van der Waals surface area contributed by atoms with Crippen molar-refractivity contribution in [2.45, 2.75) is 11.6 Å². The number of para-hydroxylation sites is 1. The standard InChI is InChI=1S/C20H18N8O3S/c1-27-10-16(22-11-27)32(29,30)26-14-6-3-2-5-13(14)9-28-12-23-18-17(15-7-4-8-31-15)24-20(21)25-19(18)28/h2-8,10-12,26H,9H2,1H3,(H2,21,24,25). The number of rotatable bonds is 6. The fourth-order valence-corrected chi connectivity index (χ4v) is 4.41. The van der Waals surface area contributed by atoms with Crippen LogP contribution in [0.3, 0.4) is 0 Å². The molecule has 0 amide bonds. The highest BCUT2D eigenvalue weighted by Gasteiger charge is 2.20. The van der Waals surface area contributed by atoms with Gasteiger partial charge < -0.3 is 19.3 Å². The van der Waals surface area contributed by atoms with E-state index in [9.17, 15) is 8.42 Å². The number of fused-ring (bicyclic) bond motifs is 1. The van der Waals surface area contributed by atoms with Gasteiger partial charge in [-0.05, 0) is 23.8 Å². The van der Waals surface area contributed by atoms with Crippen LogP contribution >= 0.6 is 0 Å². The number of hydrogen-bond acceptors (Lipinski definition) is 8. The summed E-state index contributed by atoms with van der Waals surface area (Å²) in [6.45, 7) is 0.297. The fraction of sp³-hybridized carbons (Fsp3) is 0.100. The smallest absolute Gasteiger partial charge is 0.280 e. The lowest BCUT2D eigenvalue weighted by molar-refractivity contribution is 0.580. The third-order valence-corrected chi connectivity index (χ3v) is 6.04. The van der Waals surface area contributed by atoms with Gasteiger partial charge in [0.1, 0.15) is 11.2 Å². The highest BCUT2D eigenvalue weighted by atomic mass is 32.2. The van der Waals surface area contributed by atoms with Crippen LogP contribution in [-0.2, 0) is 23.6 Å². The molecule has 32 heavy (non-hydrogen) atoms. The molecule has 5 aromatic rings. The first-order chi connectivity index (χ1) is 15.4. The highest BCUT2D eigenvalue weighted by Crippen LogP contribution is 2.27. The number of anilines is 2. The van der Waals surface area contributed by atoms with E-state index in [0.717, 1.165) is 0 Å². The van der Waals surface area contributed by atoms with Crippen molar-refractivity contribution in [2.75, 3.05) is 10.5 Å². The van der Waals surface area contributed by atoms with E-state index in [4.69, 9.17) is 10.2 Å². The SMILES string of the molecule is Cn1cnc(S(=O)(=O)Nc2ccccc2Cn2cnc3c(-c4ccco4)nc(N)nc32)c1. The molecule has 4 heterocycles. The molecule has 12 heteroatoms. The van der Waals surface area contributed by atoms with Gasteiger partial charge in [-0.3, -0.25) is 4.72 Å². The zero-order valence-corrected chi connectivity index (χ0v) is 17.7. The third-order valence-electron chi connectivity index (χ3n) is 4.79. The predicted molar refractivity (Wildman–Crippen MR) is 117 cm³/mol. The van der Waals surface area contributed by atoms with Gasteiger partial charge in [-0.2, -0.15) is 13.4 Å².